The number of rotatable bonds is 2. The van der Waals surface area contributed by atoms with Gasteiger partial charge in [-0.1, -0.05) is 0 Å². The molecule has 0 radical (unpaired) electrons. The number of halogens is 2. The van der Waals surface area contributed by atoms with E-state index >= 15 is 0 Å². The minimum atomic E-state index is -2.33. The van der Waals surface area contributed by atoms with Crippen LogP contribution in [0.25, 0.3) is 0 Å². The van der Waals surface area contributed by atoms with E-state index in [0.29, 0.717) is 13.2 Å². The van der Waals surface area contributed by atoms with Gasteiger partial charge in [-0.25, -0.2) is 8.78 Å². The molecule has 1 fully saturated rings. The summed E-state index contributed by atoms with van der Waals surface area (Å²) in [5.74, 6) is 0. The van der Waals surface area contributed by atoms with Crippen molar-refractivity contribution in [1.82, 2.24) is 0 Å². The largest absolute Gasteiger partial charge is 0.352 e. The highest BCUT2D eigenvalue weighted by Gasteiger charge is 2.18. The van der Waals surface area contributed by atoms with Gasteiger partial charge in [-0.05, 0) is 6.42 Å². The minimum Gasteiger partial charge on any atom is -0.352 e. The summed E-state index contributed by atoms with van der Waals surface area (Å²) in [4.78, 5) is 0. The van der Waals surface area contributed by atoms with Crippen LogP contribution in [0.1, 0.15) is 12.8 Å². The van der Waals surface area contributed by atoms with E-state index in [0.717, 1.165) is 6.42 Å². The Morgan fingerprint density at radius 1 is 1.30 bits per heavy atom. The van der Waals surface area contributed by atoms with E-state index in [1.165, 1.54) is 0 Å². The molecule has 0 spiro atoms. The average Bonchev–Trinajstić information content (AvgIpc) is 1.88. The molecular formula is C6H10F2O2. The van der Waals surface area contributed by atoms with Crippen LogP contribution in [0.2, 0.25) is 0 Å². The van der Waals surface area contributed by atoms with Gasteiger partial charge < -0.3 is 9.47 Å². The molecule has 2 nitrogen and oxygen atoms in total. The fraction of sp³-hybridized carbons (Fsp3) is 1.00. The van der Waals surface area contributed by atoms with Gasteiger partial charge in [0.1, 0.15) is 0 Å². The van der Waals surface area contributed by atoms with Crippen molar-refractivity contribution < 1.29 is 18.3 Å². The summed E-state index contributed by atoms with van der Waals surface area (Å²) in [6.07, 6.45) is -2.50. The molecule has 0 amide bonds. The Bertz CT molecular complexity index is 91.7. The van der Waals surface area contributed by atoms with Gasteiger partial charge in [0.25, 0.3) is 0 Å². The number of hydrogen-bond acceptors (Lipinski definition) is 2. The maximum atomic E-state index is 11.7. The quantitative estimate of drug-likeness (QED) is 0.595. The van der Waals surface area contributed by atoms with Crippen LogP contribution in [0.5, 0.6) is 0 Å². The lowest BCUT2D eigenvalue weighted by Gasteiger charge is -2.22. The van der Waals surface area contributed by atoms with E-state index in [9.17, 15) is 8.78 Å². The first kappa shape index (κ1) is 7.88. The van der Waals surface area contributed by atoms with Crippen molar-refractivity contribution in [3.8, 4) is 0 Å². The monoisotopic (exact) mass is 152 g/mol. The summed E-state index contributed by atoms with van der Waals surface area (Å²) < 4.78 is 33.1. The van der Waals surface area contributed by atoms with Gasteiger partial charge in [0, 0.05) is 0 Å². The number of hydrogen-bond donors (Lipinski definition) is 0. The second-order valence-corrected chi connectivity index (χ2v) is 2.15. The maximum absolute atomic E-state index is 11.7. The summed E-state index contributed by atoms with van der Waals surface area (Å²) >= 11 is 0. The second-order valence-electron chi connectivity index (χ2n) is 2.15. The molecule has 0 aromatic heterocycles. The van der Waals surface area contributed by atoms with Crippen molar-refractivity contribution in [3.05, 3.63) is 0 Å². The highest BCUT2D eigenvalue weighted by atomic mass is 19.3. The zero-order valence-electron chi connectivity index (χ0n) is 5.56. The molecule has 0 atom stereocenters. The van der Waals surface area contributed by atoms with Gasteiger partial charge in [-0.15, -0.1) is 0 Å². The van der Waals surface area contributed by atoms with Crippen molar-refractivity contribution >= 4 is 0 Å². The standard InChI is InChI=1S/C6H10F2O2/c7-5(8)4-6-9-2-1-3-10-6/h5-6H,1-4H2. The molecule has 60 valence electrons. The Balaban J connectivity index is 2.13. The van der Waals surface area contributed by atoms with Crippen LogP contribution >= 0.6 is 0 Å². The van der Waals surface area contributed by atoms with Crippen LogP contribution in [-0.4, -0.2) is 25.9 Å². The molecule has 0 aromatic carbocycles. The molecule has 0 N–H and O–H groups in total. The van der Waals surface area contributed by atoms with E-state index in [2.05, 4.69) is 0 Å². The van der Waals surface area contributed by atoms with Crippen molar-refractivity contribution in [1.29, 1.82) is 0 Å². The number of alkyl halides is 2. The fourth-order valence-electron chi connectivity index (χ4n) is 0.818. The Morgan fingerprint density at radius 2 is 1.90 bits per heavy atom. The molecule has 1 rings (SSSR count). The molecule has 1 heterocycles. The predicted octanol–water partition coefficient (Wildman–Crippen LogP) is 1.40. The zero-order chi connectivity index (χ0) is 7.40. The Labute approximate surface area is 58.1 Å². The van der Waals surface area contributed by atoms with Crippen LogP contribution in [0, 0.1) is 0 Å². The summed E-state index contributed by atoms with van der Waals surface area (Å²) in [5.41, 5.74) is 0. The SMILES string of the molecule is FC(F)CC1OCCCO1. The lowest BCUT2D eigenvalue weighted by Crippen LogP contribution is -2.26. The molecule has 0 aromatic rings. The highest BCUT2D eigenvalue weighted by molar-refractivity contribution is 4.52. The van der Waals surface area contributed by atoms with Crippen molar-refractivity contribution in [3.63, 3.8) is 0 Å². The van der Waals surface area contributed by atoms with Crippen LogP contribution < -0.4 is 0 Å². The van der Waals surface area contributed by atoms with Crippen molar-refractivity contribution in [2.45, 2.75) is 25.6 Å². The van der Waals surface area contributed by atoms with E-state index in [-0.39, 0.29) is 6.42 Å². The maximum Gasteiger partial charge on any atom is 0.243 e. The predicted molar refractivity (Wildman–Crippen MR) is 30.9 cm³/mol. The first-order valence-corrected chi connectivity index (χ1v) is 3.30. The molecule has 1 aliphatic rings. The molecule has 0 saturated carbocycles. The van der Waals surface area contributed by atoms with Gasteiger partial charge in [0.05, 0.1) is 19.6 Å². The first-order valence-electron chi connectivity index (χ1n) is 3.30. The van der Waals surface area contributed by atoms with Crippen LogP contribution in [-0.2, 0) is 9.47 Å². The summed E-state index contributed by atoms with van der Waals surface area (Å²) in [7, 11) is 0. The van der Waals surface area contributed by atoms with Gasteiger partial charge in [-0.3, -0.25) is 0 Å². The van der Waals surface area contributed by atoms with E-state index in [1.54, 1.807) is 0 Å². The third kappa shape index (κ3) is 2.58. The highest BCUT2D eigenvalue weighted by Crippen LogP contribution is 2.12. The molecule has 1 saturated heterocycles. The van der Waals surface area contributed by atoms with Crippen LogP contribution in [0.3, 0.4) is 0 Å². The van der Waals surface area contributed by atoms with Crippen LogP contribution in [0.4, 0.5) is 8.78 Å². The van der Waals surface area contributed by atoms with E-state index in [1.807, 2.05) is 0 Å². The number of ether oxygens (including phenoxy) is 2. The summed E-state index contributed by atoms with van der Waals surface area (Å²) in [5, 5.41) is 0. The smallest absolute Gasteiger partial charge is 0.243 e. The summed E-state index contributed by atoms with van der Waals surface area (Å²) in [6.45, 7) is 1.08. The first-order chi connectivity index (χ1) is 4.79. The van der Waals surface area contributed by atoms with Gasteiger partial charge in [0.2, 0.25) is 6.43 Å². The Kier molecular flexibility index (Phi) is 3.02. The van der Waals surface area contributed by atoms with Gasteiger partial charge in [0.15, 0.2) is 6.29 Å². The van der Waals surface area contributed by atoms with Crippen molar-refractivity contribution in [2.24, 2.45) is 0 Å². The van der Waals surface area contributed by atoms with Gasteiger partial charge in [-0.2, -0.15) is 0 Å². The zero-order valence-corrected chi connectivity index (χ0v) is 5.56. The van der Waals surface area contributed by atoms with Gasteiger partial charge >= 0.3 is 0 Å². The normalized spacial score (nSPS) is 21.9. The molecule has 10 heavy (non-hydrogen) atoms. The molecule has 1 aliphatic heterocycles. The topological polar surface area (TPSA) is 18.5 Å². The third-order valence-electron chi connectivity index (χ3n) is 1.27. The molecule has 0 bridgehead atoms. The Hall–Kier alpha value is -0.220. The molecule has 4 heteroatoms. The second kappa shape index (κ2) is 3.83. The van der Waals surface area contributed by atoms with Crippen LogP contribution in [0.15, 0.2) is 0 Å². The third-order valence-corrected chi connectivity index (χ3v) is 1.27. The lowest BCUT2D eigenvalue weighted by atomic mass is 10.4. The summed E-state index contributed by atoms with van der Waals surface area (Å²) in [6, 6.07) is 0. The van der Waals surface area contributed by atoms with E-state index < -0.39 is 12.7 Å². The van der Waals surface area contributed by atoms with E-state index in [4.69, 9.17) is 9.47 Å². The Morgan fingerprint density at radius 3 is 2.40 bits per heavy atom. The fourth-order valence-corrected chi connectivity index (χ4v) is 0.818. The molecule has 0 unspecified atom stereocenters. The lowest BCUT2D eigenvalue weighted by molar-refractivity contribution is -0.193. The molecule has 0 aliphatic carbocycles. The molecular weight excluding hydrogens is 142 g/mol. The van der Waals surface area contributed by atoms with Crippen molar-refractivity contribution in [2.75, 3.05) is 13.2 Å². The average molecular weight is 152 g/mol. The minimum absolute atomic E-state index is 0.306.